The molecule has 102 valence electrons. The Morgan fingerprint density at radius 1 is 1.28 bits per heavy atom. The highest BCUT2D eigenvalue weighted by atomic mass is 16.7. The molecule has 0 saturated carbocycles. The van der Waals surface area contributed by atoms with Crippen LogP contribution in [0, 0.1) is 6.92 Å². The maximum Gasteiger partial charge on any atom is 0.189 e. The first-order chi connectivity index (χ1) is 8.69. The lowest BCUT2D eigenvalue weighted by Gasteiger charge is -2.18. The number of rotatable bonds is 8. The molecule has 1 atom stereocenters. The average molecular weight is 251 g/mol. The molecule has 0 radical (unpaired) electrons. The standard InChI is InChI=1S/C15H25NO2/c1-5-9-16-13(4)14-10-12(3)7-8-15(14)18-11-17-6-2/h7-8,10,13,16H,5-6,9,11H2,1-4H3. The molecular weight excluding hydrogens is 226 g/mol. The monoisotopic (exact) mass is 251 g/mol. The lowest BCUT2D eigenvalue weighted by molar-refractivity contribution is 0.0216. The van der Waals surface area contributed by atoms with Crippen LogP contribution in [0.25, 0.3) is 0 Å². The topological polar surface area (TPSA) is 30.5 Å². The molecule has 0 fully saturated rings. The fraction of sp³-hybridized carbons (Fsp3) is 0.600. The quantitative estimate of drug-likeness (QED) is 0.567. The van der Waals surface area contributed by atoms with E-state index >= 15 is 0 Å². The van der Waals surface area contributed by atoms with Crippen molar-refractivity contribution in [2.45, 2.75) is 40.2 Å². The van der Waals surface area contributed by atoms with Gasteiger partial charge in [-0.15, -0.1) is 0 Å². The highest BCUT2D eigenvalue weighted by molar-refractivity contribution is 5.38. The summed E-state index contributed by atoms with van der Waals surface area (Å²) in [6, 6.07) is 6.56. The van der Waals surface area contributed by atoms with Crippen LogP contribution >= 0.6 is 0 Å². The Hall–Kier alpha value is -1.06. The summed E-state index contributed by atoms with van der Waals surface area (Å²) < 4.78 is 10.9. The highest BCUT2D eigenvalue weighted by Crippen LogP contribution is 2.26. The molecule has 1 unspecified atom stereocenters. The average Bonchev–Trinajstić information content (AvgIpc) is 2.38. The predicted octanol–water partition coefficient (Wildman–Crippen LogP) is 3.43. The van der Waals surface area contributed by atoms with Crippen molar-refractivity contribution in [1.82, 2.24) is 5.32 Å². The normalized spacial score (nSPS) is 12.4. The smallest absolute Gasteiger partial charge is 0.189 e. The van der Waals surface area contributed by atoms with E-state index in [-0.39, 0.29) is 0 Å². The summed E-state index contributed by atoms with van der Waals surface area (Å²) in [5.74, 6) is 0.908. The van der Waals surface area contributed by atoms with Gasteiger partial charge in [0.25, 0.3) is 0 Å². The third kappa shape index (κ3) is 4.67. The summed E-state index contributed by atoms with van der Waals surface area (Å²) in [4.78, 5) is 0. The molecule has 0 saturated heterocycles. The molecule has 18 heavy (non-hydrogen) atoms. The van der Waals surface area contributed by atoms with Gasteiger partial charge in [0.2, 0.25) is 0 Å². The Morgan fingerprint density at radius 3 is 2.72 bits per heavy atom. The maximum absolute atomic E-state index is 5.67. The van der Waals surface area contributed by atoms with Crippen molar-refractivity contribution in [2.75, 3.05) is 19.9 Å². The van der Waals surface area contributed by atoms with Gasteiger partial charge < -0.3 is 14.8 Å². The fourth-order valence-corrected chi connectivity index (χ4v) is 1.80. The van der Waals surface area contributed by atoms with Gasteiger partial charge in [0.05, 0.1) is 0 Å². The number of benzene rings is 1. The van der Waals surface area contributed by atoms with Crippen LogP contribution in [0.1, 0.15) is 44.4 Å². The van der Waals surface area contributed by atoms with E-state index in [9.17, 15) is 0 Å². The summed E-state index contributed by atoms with van der Waals surface area (Å²) in [6.07, 6.45) is 1.13. The van der Waals surface area contributed by atoms with Gasteiger partial charge in [0.1, 0.15) is 5.75 Å². The van der Waals surface area contributed by atoms with E-state index in [1.165, 1.54) is 11.1 Å². The fourth-order valence-electron chi connectivity index (χ4n) is 1.80. The van der Waals surface area contributed by atoms with E-state index in [2.05, 4.69) is 38.2 Å². The lowest BCUT2D eigenvalue weighted by atomic mass is 10.0. The molecule has 0 aromatic heterocycles. The Morgan fingerprint density at radius 2 is 2.06 bits per heavy atom. The third-order valence-electron chi connectivity index (χ3n) is 2.83. The second kappa shape index (κ2) is 8.11. The Kier molecular flexibility index (Phi) is 6.76. The summed E-state index contributed by atoms with van der Waals surface area (Å²) in [5.41, 5.74) is 2.45. The molecule has 3 heteroatoms. The minimum atomic E-state index is 0.293. The van der Waals surface area contributed by atoms with Gasteiger partial charge in [-0.05, 0) is 39.8 Å². The molecule has 0 bridgehead atoms. The SMILES string of the molecule is CCCNC(C)c1cc(C)ccc1OCOCC. The molecule has 0 aliphatic heterocycles. The first-order valence-corrected chi connectivity index (χ1v) is 6.73. The van der Waals surface area contributed by atoms with Crippen molar-refractivity contribution in [3.63, 3.8) is 0 Å². The van der Waals surface area contributed by atoms with E-state index in [4.69, 9.17) is 9.47 Å². The van der Waals surface area contributed by atoms with E-state index in [0.29, 0.717) is 19.4 Å². The van der Waals surface area contributed by atoms with Crippen molar-refractivity contribution in [3.8, 4) is 5.75 Å². The predicted molar refractivity (Wildman–Crippen MR) is 75.0 cm³/mol. The minimum Gasteiger partial charge on any atom is -0.467 e. The third-order valence-corrected chi connectivity index (χ3v) is 2.83. The molecule has 1 aromatic carbocycles. The van der Waals surface area contributed by atoms with Gasteiger partial charge in [0.15, 0.2) is 6.79 Å². The van der Waals surface area contributed by atoms with E-state index in [1.807, 2.05) is 13.0 Å². The van der Waals surface area contributed by atoms with E-state index in [1.54, 1.807) is 0 Å². The first kappa shape index (κ1) is 15.0. The van der Waals surface area contributed by atoms with Crippen molar-refractivity contribution in [2.24, 2.45) is 0 Å². The number of nitrogens with one attached hydrogen (secondary N) is 1. The van der Waals surface area contributed by atoms with Gasteiger partial charge in [-0.1, -0.05) is 24.6 Å². The molecule has 1 aromatic rings. The van der Waals surface area contributed by atoms with Crippen molar-refractivity contribution < 1.29 is 9.47 Å². The van der Waals surface area contributed by atoms with Crippen LogP contribution in [0.4, 0.5) is 0 Å². The largest absolute Gasteiger partial charge is 0.467 e. The van der Waals surface area contributed by atoms with Crippen LogP contribution in [0.2, 0.25) is 0 Å². The second-order valence-corrected chi connectivity index (χ2v) is 4.47. The van der Waals surface area contributed by atoms with Crippen LogP contribution in [-0.2, 0) is 4.74 Å². The molecule has 1 rings (SSSR count). The summed E-state index contributed by atoms with van der Waals surface area (Å²) in [5, 5.41) is 3.49. The number of ether oxygens (including phenoxy) is 2. The Balaban J connectivity index is 2.75. The first-order valence-electron chi connectivity index (χ1n) is 6.73. The summed E-state index contributed by atoms with van der Waals surface area (Å²) in [6.45, 7) is 10.4. The molecule has 0 aliphatic carbocycles. The van der Waals surface area contributed by atoms with Crippen LogP contribution < -0.4 is 10.1 Å². The summed E-state index contributed by atoms with van der Waals surface area (Å²) in [7, 11) is 0. The molecule has 3 nitrogen and oxygen atoms in total. The van der Waals surface area contributed by atoms with Gasteiger partial charge in [-0.25, -0.2) is 0 Å². The van der Waals surface area contributed by atoms with Gasteiger partial charge in [0, 0.05) is 18.2 Å². The molecular formula is C15H25NO2. The molecule has 0 spiro atoms. The zero-order chi connectivity index (χ0) is 13.4. The van der Waals surface area contributed by atoms with E-state index < -0.39 is 0 Å². The highest BCUT2D eigenvalue weighted by Gasteiger charge is 2.11. The maximum atomic E-state index is 5.67. The number of aryl methyl sites for hydroxylation is 1. The number of hydrogen-bond acceptors (Lipinski definition) is 3. The van der Waals surface area contributed by atoms with Crippen LogP contribution in [0.5, 0.6) is 5.75 Å². The molecule has 1 N–H and O–H groups in total. The number of hydrogen-bond donors (Lipinski definition) is 1. The second-order valence-electron chi connectivity index (χ2n) is 4.47. The van der Waals surface area contributed by atoms with Crippen LogP contribution in [0.3, 0.4) is 0 Å². The van der Waals surface area contributed by atoms with Crippen molar-refractivity contribution in [3.05, 3.63) is 29.3 Å². The zero-order valence-corrected chi connectivity index (χ0v) is 12.0. The van der Waals surface area contributed by atoms with Gasteiger partial charge in [-0.2, -0.15) is 0 Å². The van der Waals surface area contributed by atoms with Crippen LogP contribution in [0.15, 0.2) is 18.2 Å². The molecule has 0 aliphatic rings. The van der Waals surface area contributed by atoms with Crippen LogP contribution in [-0.4, -0.2) is 19.9 Å². The zero-order valence-electron chi connectivity index (χ0n) is 12.0. The Bertz CT molecular complexity index is 352. The van der Waals surface area contributed by atoms with Crippen molar-refractivity contribution in [1.29, 1.82) is 0 Å². The minimum absolute atomic E-state index is 0.293. The van der Waals surface area contributed by atoms with Gasteiger partial charge in [-0.3, -0.25) is 0 Å². The summed E-state index contributed by atoms with van der Waals surface area (Å²) >= 11 is 0. The van der Waals surface area contributed by atoms with E-state index in [0.717, 1.165) is 18.7 Å². The van der Waals surface area contributed by atoms with Gasteiger partial charge >= 0.3 is 0 Å². The molecule has 0 heterocycles. The Labute approximate surface area is 110 Å². The molecule has 0 amide bonds. The van der Waals surface area contributed by atoms with Crippen molar-refractivity contribution >= 4 is 0 Å². The lowest BCUT2D eigenvalue weighted by Crippen LogP contribution is -2.20.